The van der Waals surface area contributed by atoms with Crippen molar-refractivity contribution in [1.29, 1.82) is 0 Å². The number of nitrogen functional groups attached to an aromatic ring is 1. The van der Waals surface area contributed by atoms with Crippen LogP contribution >= 0.6 is 0 Å². The Morgan fingerprint density at radius 3 is 2.67 bits per heavy atom. The molecule has 0 heterocycles. The largest absolute Gasteiger partial charge is 0.399 e. The second-order valence-corrected chi connectivity index (χ2v) is 4.96. The predicted octanol–water partition coefficient (Wildman–Crippen LogP) is 2.61. The van der Waals surface area contributed by atoms with Crippen LogP contribution in [0.4, 0.5) is 5.69 Å². The lowest BCUT2D eigenvalue weighted by molar-refractivity contribution is 0.207. The fourth-order valence-corrected chi connectivity index (χ4v) is 2.00. The highest BCUT2D eigenvalue weighted by Gasteiger charge is 2.30. The average molecular weight is 204 g/mol. The number of benzene rings is 1. The summed E-state index contributed by atoms with van der Waals surface area (Å²) < 4.78 is 0. The number of hydrogen-bond donors (Lipinski definition) is 2. The van der Waals surface area contributed by atoms with Crippen LogP contribution in [-0.2, 0) is 6.54 Å². The van der Waals surface area contributed by atoms with Gasteiger partial charge in [0.05, 0.1) is 0 Å². The Balaban J connectivity index is 1.96. The third kappa shape index (κ3) is 2.32. The minimum Gasteiger partial charge on any atom is -0.399 e. The van der Waals surface area contributed by atoms with Gasteiger partial charge in [0.2, 0.25) is 0 Å². The maximum Gasteiger partial charge on any atom is 0.0346 e. The van der Waals surface area contributed by atoms with E-state index in [2.05, 4.69) is 30.4 Å². The van der Waals surface area contributed by atoms with Crippen molar-refractivity contribution in [3.8, 4) is 0 Å². The smallest absolute Gasteiger partial charge is 0.0346 e. The molecule has 2 nitrogen and oxygen atoms in total. The Morgan fingerprint density at radius 2 is 2.13 bits per heavy atom. The molecular formula is C13H20N2. The van der Waals surface area contributed by atoms with Gasteiger partial charge in [-0.1, -0.05) is 12.1 Å². The SMILES string of the molecule is Cc1ccc(CNC2(C)CCC2)cc1N. The second kappa shape index (κ2) is 3.86. The van der Waals surface area contributed by atoms with Gasteiger partial charge in [-0.05, 0) is 50.3 Å². The molecule has 0 atom stereocenters. The van der Waals surface area contributed by atoms with Crippen molar-refractivity contribution in [3.63, 3.8) is 0 Å². The molecule has 1 aliphatic rings. The van der Waals surface area contributed by atoms with E-state index in [9.17, 15) is 0 Å². The summed E-state index contributed by atoms with van der Waals surface area (Å²) in [6.07, 6.45) is 3.96. The van der Waals surface area contributed by atoms with Crippen LogP contribution in [-0.4, -0.2) is 5.54 Å². The molecule has 15 heavy (non-hydrogen) atoms. The van der Waals surface area contributed by atoms with E-state index in [1.165, 1.54) is 24.8 Å². The molecule has 1 saturated carbocycles. The maximum absolute atomic E-state index is 5.88. The molecule has 1 aliphatic carbocycles. The number of nitrogens with two attached hydrogens (primary N) is 1. The topological polar surface area (TPSA) is 38.0 Å². The number of hydrogen-bond acceptors (Lipinski definition) is 2. The van der Waals surface area contributed by atoms with Gasteiger partial charge in [0, 0.05) is 17.8 Å². The summed E-state index contributed by atoms with van der Waals surface area (Å²) in [4.78, 5) is 0. The van der Waals surface area contributed by atoms with Gasteiger partial charge in [-0.15, -0.1) is 0 Å². The molecule has 0 unspecified atom stereocenters. The Bertz CT molecular complexity index is 354. The summed E-state index contributed by atoms with van der Waals surface area (Å²) in [5, 5.41) is 3.60. The normalized spacial score (nSPS) is 18.5. The van der Waals surface area contributed by atoms with Crippen molar-refractivity contribution in [1.82, 2.24) is 5.32 Å². The summed E-state index contributed by atoms with van der Waals surface area (Å²) in [6.45, 7) is 5.27. The molecule has 0 aliphatic heterocycles. The number of aryl methyl sites for hydroxylation is 1. The molecule has 0 bridgehead atoms. The fraction of sp³-hybridized carbons (Fsp3) is 0.538. The molecule has 0 spiro atoms. The average Bonchev–Trinajstić information content (AvgIpc) is 2.17. The minimum absolute atomic E-state index is 0.375. The zero-order valence-corrected chi connectivity index (χ0v) is 9.64. The van der Waals surface area contributed by atoms with Gasteiger partial charge in [-0.3, -0.25) is 0 Å². The van der Waals surface area contributed by atoms with E-state index < -0.39 is 0 Å². The van der Waals surface area contributed by atoms with E-state index in [1.54, 1.807) is 0 Å². The van der Waals surface area contributed by atoms with E-state index in [0.29, 0.717) is 5.54 Å². The van der Waals surface area contributed by atoms with Crippen LogP contribution in [0.25, 0.3) is 0 Å². The van der Waals surface area contributed by atoms with Crippen LogP contribution in [0.3, 0.4) is 0 Å². The van der Waals surface area contributed by atoms with Gasteiger partial charge in [-0.2, -0.15) is 0 Å². The predicted molar refractivity (Wildman–Crippen MR) is 64.7 cm³/mol. The first-order valence-electron chi connectivity index (χ1n) is 5.69. The molecule has 2 rings (SSSR count). The van der Waals surface area contributed by atoms with Crippen LogP contribution in [0.5, 0.6) is 0 Å². The molecule has 3 N–H and O–H groups in total. The Morgan fingerprint density at radius 1 is 1.40 bits per heavy atom. The molecule has 1 aromatic carbocycles. The summed E-state index contributed by atoms with van der Waals surface area (Å²) in [5.74, 6) is 0. The fourth-order valence-electron chi connectivity index (χ4n) is 2.00. The minimum atomic E-state index is 0.375. The molecule has 2 heteroatoms. The third-order valence-corrected chi connectivity index (χ3v) is 3.52. The summed E-state index contributed by atoms with van der Waals surface area (Å²) in [6, 6.07) is 6.32. The van der Waals surface area contributed by atoms with Crippen LogP contribution in [0.15, 0.2) is 18.2 Å². The zero-order valence-electron chi connectivity index (χ0n) is 9.64. The first-order chi connectivity index (χ1) is 7.09. The second-order valence-electron chi connectivity index (χ2n) is 4.96. The maximum atomic E-state index is 5.88. The summed E-state index contributed by atoms with van der Waals surface area (Å²) in [5.41, 5.74) is 9.59. The third-order valence-electron chi connectivity index (χ3n) is 3.52. The molecule has 0 saturated heterocycles. The van der Waals surface area contributed by atoms with Crippen LogP contribution in [0.2, 0.25) is 0 Å². The molecular weight excluding hydrogens is 184 g/mol. The molecule has 0 radical (unpaired) electrons. The van der Waals surface area contributed by atoms with Gasteiger partial charge in [-0.25, -0.2) is 0 Å². The van der Waals surface area contributed by atoms with Crippen molar-refractivity contribution < 1.29 is 0 Å². The van der Waals surface area contributed by atoms with Crippen LogP contribution < -0.4 is 11.1 Å². The first kappa shape index (κ1) is 10.5. The van der Waals surface area contributed by atoms with Crippen molar-refractivity contribution in [3.05, 3.63) is 29.3 Å². The lowest BCUT2D eigenvalue weighted by Gasteiger charge is -2.39. The van der Waals surface area contributed by atoms with Crippen molar-refractivity contribution in [2.24, 2.45) is 0 Å². The Kier molecular flexibility index (Phi) is 2.70. The van der Waals surface area contributed by atoms with Crippen LogP contribution in [0.1, 0.15) is 37.3 Å². The first-order valence-corrected chi connectivity index (χ1v) is 5.69. The van der Waals surface area contributed by atoms with Gasteiger partial charge in [0.25, 0.3) is 0 Å². The highest BCUT2D eigenvalue weighted by Crippen LogP contribution is 2.31. The van der Waals surface area contributed by atoms with Crippen molar-refractivity contribution in [2.45, 2.75) is 45.2 Å². The van der Waals surface area contributed by atoms with Crippen molar-refractivity contribution >= 4 is 5.69 Å². The van der Waals surface area contributed by atoms with E-state index in [4.69, 9.17) is 5.73 Å². The van der Waals surface area contributed by atoms with Gasteiger partial charge in [0.1, 0.15) is 0 Å². The summed E-state index contributed by atoms with van der Waals surface area (Å²) in [7, 11) is 0. The molecule has 1 fully saturated rings. The molecule has 82 valence electrons. The van der Waals surface area contributed by atoms with E-state index in [0.717, 1.165) is 17.8 Å². The van der Waals surface area contributed by atoms with Crippen molar-refractivity contribution in [2.75, 3.05) is 5.73 Å². The summed E-state index contributed by atoms with van der Waals surface area (Å²) >= 11 is 0. The highest BCUT2D eigenvalue weighted by molar-refractivity contribution is 5.48. The Hall–Kier alpha value is -1.02. The zero-order chi connectivity index (χ0) is 10.9. The molecule has 0 amide bonds. The Labute approximate surface area is 91.9 Å². The van der Waals surface area contributed by atoms with E-state index >= 15 is 0 Å². The lowest BCUT2D eigenvalue weighted by Crippen LogP contribution is -2.47. The number of nitrogens with one attached hydrogen (secondary N) is 1. The van der Waals surface area contributed by atoms with E-state index in [-0.39, 0.29) is 0 Å². The van der Waals surface area contributed by atoms with Crippen LogP contribution in [0, 0.1) is 6.92 Å². The standard InChI is InChI=1S/C13H20N2/c1-10-4-5-11(8-12(10)14)9-15-13(2)6-3-7-13/h4-5,8,15H,3,6-7,9,14H2,1-2H3. The molecule has 1 aromatic rings. The van der Waals surface area contributed by atoms with Gasteiger partial charge in [0.15, 0.2) is 0 Å². The van der Waals surface area contributed by atoms with Gasteiger partial charge < -0.3 is 11.1 Å². The molecule has 0 aromatic heterocycles. The number of rotatable bonds is 3. The van der Waals surface area contributed by atoms with E-state index in [1.807, 2.05) is 6.92 Å². The monoisotopic (exact) mass is 204 g/mol. The lowest BCUT2D eigenvalue weighted by atomic mass is 9.78. The van der Waals surface area contributed by atoms with Gasteiger partial charge >= 0.3 is 0 Å². The number of anilines is 1. The quantitative estimate of drug-likeness (QED) is 0.743. The highest BCUT2D eigenvalue weighted by atomic mass is 15.0.